The van der Waals surface area contributed by atoms with Crippen LogP contribution in [0.4, 0.5) is 15.6 Å². The molecule has 9 heteroatoms. The van der Waals surface area contributed by atoms with Crippen LogP contribution < -0.4 is 10.6 Å². The summed E-state index contributed by atoms with van der Waals surface area (Å²) in [6.07, 6.45) is 3.68. The Hall–Kier alpha value is -3.74. The second-order valence-corrected chi connectivity index (χ2v) is 10.4. The predicted molar refractivity (Wildman–Crippen MR) is 140 cm³/mol. The Bertz CT molecular complexity index is 1310. The second kappa shape index (κ2) is 10.5. The minimum absolute atomic E-state index is 0.118. The molecule has 0 aliphatic carbocycles. The molecule has 2 aliphatic rings. The third-order valence-corrected chi connectivity index (χ3v) is 7.70. The summed E-state index contributed by atoms with van der Waals surface area (Å²) in [5, 5.41) is 15.5. The fourth-order valence-electron chi connectivity index (χ4n) is 4.78. The van der Waals surface area contributed by atoms with Crippen molar-refractivity contribution in [3.8, 4) is 6.07 Å². The number of nitrogens with zero attached hydrogens (tertiary/aromatic N) is 4. The van der Waals surface area contributed by atoms with Crippen LogP contribution in [-0.2, 0) is 13.0 Å². The number of piperidine rings is 1. The van der Waals surface area contributed by atoms with Crippen LogP contribution in [0.1, 0.15) is 57.4 Å². The van der Waals surface area contributed by atoms with Crippen LogP contribution in [0, 0.1) is 11.3 Å². The van der Waals surface area contributed by atoms with Crippen molar-refractivity contribution in [3.63, 3.8) is 0 Å². The number of rotatable bonds is 4. The number of thiazole rings is 1. The van der Waals surface area contributed by atoms with E-state index in [1.807, 2.05) is 23.1 Å². The van der Waals surface area contributed by atoms with E-state index in [2.05, 4.69) is 33.6 Å². The van der Waals surface area contributed by atoms with Crippen molar-refractivity contribution >= 4 is 34.1 Å². The topological polar surface area (TPSA) is 101 Å². The Labute approximate surface area is 214 Å². The van der Waals surface area contributed by atoms with Gasteiger partial charge in [0.2, 0.25) is 0 Å². The molecule has 1 saturated heterocycles. The summed E-state index contributed by atoms with van der Waals surface area (Å²) in [6, 6.07) is 16.1. The second-order valence-electron chi connectivity index (χ2n) is 9.28. The van der Waals surface area contributed by atoms with E-state index in [0.29, 0.717) is 28.5 Å². The quantitative estimate of drug-likeness (QED) is 0.524. The summed E-state index contributed by atoms with van der Waals surface area (Å²) < 4.78 is 0. The number of urea groups is 1. The highest BCUT2D eigenvalue weighted by atomic mass is 32.1. The van der Waals surface area contributed by atoms with Crippen LogP contribution in [-0.4, -0.2) is 46.9 Å². The molecular weight excluding hydrogens is 472 g/mol. The number of nitriles is 1. The number of hydrogen-bond donors (Lipinski definition) is 2. The molecule has 3 aromatic rings. The molecule has 5 rings (SSSR count). The lowest BCUT2D eigenvalue weighted by Gasteiger charge is -2.36. The molecule has 1 aromatic heterocycles. The van der Waals surface area contributed by atoms with Crippen LogP contribution in [0.2, 0.25) is 0 Å². The highest BCUT2D eigenvalue weighted by Gasteiger charge is 2.29. The van der Waals surface area contributed by atoms with Gasteiger partial charge in [-0.2, -0.15) is 5.26 Å². The minimum Gasteiger partial charge on any atom is -0.317 e. The molecule has 0 saturated carbocycles. The fourth-order valence-corrected chi connectivity index (χ4v) is 5.86. The number of carbonyl (C=O) groups excluding carboxylic acids is 2. The summed E-state index contributed by atoms with van der Waals surface area (Å²) in [5.74, 6) is -0.194. The van der Waals surface area contributed by atoms with Gasteiger partial charge in [0.05, 0.1) is 23.4 Å². The molecule has 0 radical (unpaired) electrons. The number of aromatic nitrogens is 1. The van der Waals surface area contributed by atoms with Crippen molar-refractivity contribution in [2.75, 3.05) is 30.8 Å². The van der Waals surface area contributed by atoms with Gasteiger partial charge in [-0.3, -0.25) is 10.1 Å². The molecule has 184 valence electrons. The van der Waals surface area contributed by atoms with Gasteiger partial charge in [0.15, 0.2) is 5.13 Å². The lowest BCUT2D eigenvalue weighted by molar-refractivity contribution is 0.102. The number of benzene rings is 2. The SMILES string of the molecule is CN1CCc2nc(NC(=O)c3cccc(C4CCCCN4C(=O)Nc4ccc(C#N)cc4)c3)sc2C1. The number of likely N-dealkylation sites (N-methyl/N-ethyl adjacent to an activating group) is 1. The molecule has 2 aromatic carbocycles. The van der Waals surface area contributed by atoms with Gasteiger partial charge in [-0.25, -0.2) is 9.78 Å². The van der Waals surface area contributed by atoms with Crippen molar-refractivity contribution < 1.29 is 9.59 Å². The van der Waals surface area contributed by atoms with E-state index in [1.165, 1.54) is 16.2 Å². The molecule has 1 fully saturated rings. The molecule has 1 unspecified atom stereocenters. The third-order valence-electron chi connectivity index (χ3n) is 6.71. The van der Waals surface area contributed by atoms with Crippen molar-refractivity contribution in [1.82, 2.24) is 14.8 Å². The number of likely N-dealkylation sites (tertiary alicyclic amines) is 1. The molecule has 0 spiro atoms. The summed E-state index contributed by atoms with van der Waals surface area (Å²) in [7, 11) is 2.09. The van der Waals surface area contributed by atoms with Crippen LogP contribution in [0.3, 0.4) is 0 Å². The van der Waals surface area contributed by atoms with Crippen LogP contribution in [0.5, 0.6) is 0 Å². The number of nitrogens with one attached hydrogen (secondary N) is 2. The van der Waals surface area contributed by atoms with Gasteiger partial charge in [-0.15, -0.1) is 11.3 Å². The van der Waals surface area contributed by atoms with E-state index < -0.39 is 0 Å². The summed E-state index contributed by atoms with van der Waals surface area (Å²) in [6.45, 7) is 2.48. The first kappa shape index (κ1) is 24.0. The number of anilines is 2. The largest absolute Gasteiger partial charge is 0.322 e. The standard InChI is InChI=1S/C27H28N6O2S/c1-32-14-12-22-24(17-32)36-26(30-22)31-25(34)20-6-4-5-19(15-20)23-7-2-3-13-33(23)27(35)29-21-10-8-18(16-28)9-11-21/h4-6,8-11,15,23H,2-3,7,12-14,17H2,1H3,(H,29,35)(H,30,31,34). The van der Waals surface area contributed by atoms with Gasteiger partial charge in [0.1, 0.15) is 0 Å². The Morgan fingerprint density at radius 2 is 1.94 bits per heavy atom. The lowest BCUT2D eigenvalue weighted by Crippen LogP contribution is -2.41. The predicted octanol–water partition coefficient (Wildman–Crippen LogP) is 5.01. The summed E-state index contributed by atoms with van der Waals surface area (Å²) >= 11 is 1.54. The Kier molecular flexibility index (Phi) is 6.98. The van der Waals surface area contributed by atoms with Crippen molar-refractivity contribution in [2.24, 2.45) is 0 Å². The van der Waals surface area contributed by atoms with Gasteiger partial charge >= 0.3 is 6.03 Å². The highest BCUT2D eigenvalue weighted by molar-refractivity contribution is 7.15. The van der Waals surface area contributed by atoms with Gasteiger partial charge in [0.25, 0.3) is 5.91 Å². The first-order valence-electron chi connectivity index (χ1n) is 12.2. The van der Waals surface area contributed by atoms with Gasteiger partial charge in [0, 0.05) is 42.2 Å². The van der Waals surface area contributed by atoms with E-state index in [1.54, 1.807) is 30.3 Å². The Morgan fingerprint density at radius 1 is 1.11 bits per heavy atom. The van der Waals surface area contributed by atoms with Crippen LogP contribution in [0.15, 0.2) is 48.5 Å². The Morgan fingerprint density at radius 3 is 2.75 bits per heavy atom. The normalized spacial score (nSPS) is 17.7. The molecule has 1 atom stereocenters. The number of fused-ring (bicyclic) bond motifs is 1. The smallest absolute Gasteiger partial charge is 0.317 e. The maximum Gasteiger partial charge on any atom is 0.322 e. The molecule has 3 amide bonds. The summed E-state index contributed by atoms with van der Waals surface area (Å²) in [5.41, 5.74) is 3.76. The molecule has 2 N–H and O–H groups in total. The number of hydrogen-bond acceptors (Lipinski definition) is 6. The lowest BCUT2D eigenvalue weighted by atomic mass is 9.94. The zero-order valence-corrected chi connectivity index (χ0v) is 21.0. The maximum atomic E-state index is 13.1. The van der Waals surface area contributed by atoms with Crippen molar-refractivity contribution in [3.05, 3.63) is 75.8 Å². The molecule has 36 heavy (non-hydrogen) atoms. The molecule has 0 bridgehead atoms. The number of carbonyl (C=O) groups is 2. The van der Waals surface area contributed by atoms with Crippen LogP contribution >= 0.6 is 11.3 Å². The zero-order valence-electron chi connectivity index (χ0n) is 20.2. The average molecular weight is 501 g/mol. The molecule has 3 heterocycles. The van der Waals surface area contributed by atoms with E-state index in [0.717, 1.165) is 50.0 Å². The first-order valence-corrected chi connectivity index (χ1v) is 13.0. The maximum absolute atomic E-state index is 13.1. The highest BCUT2D eigenvalue weighted by Crippen LogP contribution is 2.33. The summed E-state index contributed by atoms with van der Waals surface area (Å²) in [4.78, 5) is 36.1. The third kappa shape index (κ3) is 5.25. The average Bonchev–Trinajstić information content (AvgIpc) is 3.30. The van der Waals surface area contributed by atoms with Crippen molar-refractivity contribution in [1.29, 1.82) is 5.26 Å². The van der Waals surface area contributed by atoms with Crippen LogP contribution in [0.25, 0.3) is 0 Å². The zero-order chi connectivity index (χ0) is 25.1. The minimum atomic E-state index is -0.194. The van der Waals surface area contributed by atoms with E-state index in [9.17, 15) is 9.59 Å². The van der Waals surface area contributed by atoms with Gasteiger partial charge < -0.3 is 15.1 Å². The number of amides is 3. The Balaban J connectivity index is 1.30. The first-order chi connectivity index (χ1) is 17.5. The monoisotopic (exact) mass is 500 g/mol. The fraction of sp³-hybridized carbons (Fsp3) is 0.333. The van der Waals surface area contributed by atoms with Gasteiger partial charge in [-0.1, -0.05) is 12.1 Å². The molecule has 2 aliphatic heterocycles. The van der Waals surface area contributed by atoms with Gasteiger partial charge in [-0.05, 0) is 68.3 Å². The van der Waals surface area contributed by atoms with E-state index >= 15 is 0 Å². The van der Waals surface area contributed by atoms with E-state index in [4.69, 9.17) is 5.26 Å². The van der Waals surface area contributed by atoms with E-state index in [-0.39, 0.29) is 18.0 Å². The van der Waals surface area contributed by atoms with Crippen molar-refractivity contribution in [2.45, 2.75) is 38.3 Å². The molecule has 8 nitrogen and oxygen atoms in total. The molecular formula is C27H28N6O2S.